The minimum absolute atomic E-state index is 0.0330. The number of carbonyl (C=O) groups is 6. The van der Waals surface area contributed by atoms with Crippen LogP contribution in [0.4, 0.5) is 0 Å². The third-order valence-corrected chi connectivity index (χ3v) is 11.9. The first-order valence-corrected chi connectivity index (χ1v) is 20.9. The summed E-state index contributed by atoms with van der Waals surface area (Å²) in [6, 6.07) is 10.2. The van der Waals surface area contributed by atoms with Crippen LogP contribution in [0.5, 0.6) is 5.75 Å². The number of thiophene rings is 1. The maximum Gasteiger partial charge on any atom is 0.266 e. The van der Waals surface area contributed by atoms with Crippen LogP contribution in [0.15, 0.2) is 47.5 Å². The first-order chi connectivity index (χ1) is 28.4. The summed E-state index contributed by atoms with van der Waals surface area (Å²) < 4.78 is 7.66. The number of imide groups is 1. The number of primary amides is 1. The van der Waals surface area contributed by atoms with Crippen molar-refractivity contribution < 1.29 is 33.5 Å². The lowest BCUT2D eigenvalue weighted by Crippen LogP contribution is -2.47. The van der Waals surface area contributed by atoms with Crippen molar-refractivity contribution in [2.24, 2.45) is 10.7 Å². The molecule has 0 saturated heterocycles. The standard InChI is InChI=1S/C42H47ClN8O7S/c1-24-25(2)59-42-35(24)37(27-15-17-28(43)18-16-27)47-30(39-49-48-26(3)50(39)42)22-33(53)45-19-8-6-4-5-7-9-20-46-34(54)23-58-32-14-10-12-29-36(32)41(57)51(40(29)56)31(38(44)55)13-11-21-52/h10,12,14-18,21,30-31H,4-9,11,13,19-20,22-23H2,1-3H3,(H2,44,55)(H,45,53)(H,46,54)/t30-,31?/m0/s1. The van der Waals surface area contributed by atoms with Gasteiger partial charge in [-0.3, -0.25) is 38.4 Å². The molecule has 0 aliphatic carbocycles. The number of amides is 5. The maximum atomic E-state index is 13.3. The topological polar surface area (TPSA) is 208 Å². The molecule has 0 radical (unpaired) electrons. The molecular weight excluding hydrogens is 796 g/mol. The van der Waals surface area contributed by atoms with Gasteiger partial charge in [0.1, 0.15) is 34.9 Å². The van der Waals surface area contributed by atoms with E-state index < -0.39 is 29.8 Å². The van der Waals surface area contributed by atoms with Gasteiger partial charge in [-0.15, -0.1) is 21.5 Å². The average molecular weight is 843 g/mol. The molecule has 0 saturated carbocycles. The summed E-state index contributed by atoms with van der Waals surface area (Å²) in [4.78, 5) is 81.9. The first kappa shape index (κ1) is 42.9. The zero-order valence-electron chi connectivity index (χ0n) is 33.2. The molecule has 310 valence electrons. The van der Waals surface area contributed by atoms with Crippen LogP contribution in [-0.4, -0.2) is 86.9 Å². The number of unbranched alkanes of at least 4 members (excludes halogenated alkanes) is 5. The molecule has 5 amide bonds. The van der Waals surface area contributed by atoms with E-state index in [4.69, 9.17) is 27.1 Å². The summed E-state index contributed by atoms with van der Waals surface area (Å²) in [7, 11) is 0. The van der Waals surface area contributed by atoms with Crippen molar-refractivity contribution >= 4 is 64.5 Å². The number of fused-ring (bicyclic) bond motifs is 4. The predicted octanol–water partition coefficient (Wildman–Crippen LogP) is 5.27. The number of nitrogens with two attached hydrogens (primary N) is 1. The van der Waals surface area contributed by atoms with Gasteiger partial charge >= 0.3 is 0 Å². The van der Waals surface area contributed by atoms with Crippen molar-refractivity contribution in [2.75, 3.05) is 19.7 Å². The zero-order valence-corrected chi connectivity index (χ0v) is 34.8. The molecular formula is C42H47ClN8O7S. The molecule has 4 N–H and O–H groups in total. The van der Waals surface area contributed by atoms with E-state index in [1.807, 2.05) is 35.8 Å². The van der Waals surface area contributed by atoms with Gasteiger partial charge in [-0.05, 0) is 69.9 Å². The van der Waals surface area contributed by atoms with Crippen molar-refractivity contribution in [3.63, 3.8) is 0 Å². The van der Waals surface area contributed by atoms with E-state index in [0.717, 1.165) is 76.7 Å². The second-order valence-electron chi connectivity index (χ2n) is 14.5. The molecule has 17 heteroatoms. The number of carbonyl (C=O) groups excluding carboxylic acids is 6. The minimum atomic E-state index is -1.28. The highest BCUT2D eigenvalue weighted by molar-refractivity contribution is 7.15. The Morgan fingerprint density at radius 3 is 2.27 bits per heavy atom. The Kier molecular flexibility index (Phi) is 14.0. The number of halogens is 1. The van der Waals surface area contributed by atoms with Crippen LogP contribution < -0.4 is 21.1 Å². The van der Waals surface area contributed by atoms with Gasteiger partial charge in [-0.25, -0.2) is 0 Å². The maximum absolute atomic E-state index is 13.3. The lowest BCUT2D eigenvalue weighted by atomic mass is 9.99. The Labute approximate surface area is 350 Å². The predicted molar refractivity (Wildman–Crippen MR) is 222 cm³/mol. The average Bonchev–Trinajstić information content (AvgIpc) is 3.79. The Morgan fingerprint density at radius 2 is 1.59 bits per heavy atom. The second-order valence-corrected chi connectivity index (χ2v) is 16.2. The van der Waals surface area contributed by atoms with Crippen LogP contribution in [0.25, 0.3) is 5.00 Å². The van der Waals surface area contributed by atoms with Gasteiger partial charge in [0.05, 0.1) is 23.3 Å². The number of rotatable bonds is 20. The monoisotopic (exact) mass is 842 g/mol. The van der Waals surface area contributed by atoms with E-state index in [0.29, 0.717) is 30.2 Å². The van der Waals surface area contributed by atoms with Crippen LogP contribution in [0.1, 0.15) is 118 Å². The Bertz CT molecular complexity index is 2290. The van der Waals surface area contributed by atoms with Crippen LogP contribution in [0, 0.1) is 20.8 Å². The Balaban J connectivity index is 0.903. The quantitative estimate of drug-likeness (QED) is 0.0601. The number of hydrogen-bond acceptors (Lipinski definition) is 11. The lowest BCUT2D eigenvalue weighted by molar-refractivity contribution is -0.123. The number of hydrogen-bond donors (Lipinski definition) is 3. The van der Waals surface area contributed by atoms with Crippen LogP contribution in [-0.2, 0) is 19.2 Å². The molecule has 2 aliphatic rings. The molecule has 59 heavy (non-hydrogen) atoms. The zero-order chi connectivity index (χ0) is 42.2. The van der Waals surface area contributed by atoms with Gasteiger partial charge in [0.15, 0.2) is 12.4 Å². The van der Waals surface area contributed by atoms with Gasteiger partial charge in [0.25, 0.3) is 17.7 Å². The van der Waals surface area contributed by atoms with E-state index in [-0.39, 0.29) is 54.6 Å². The van der Waals surface area contributed by atoms with Crippen LogP contribution in [0.3, 0.4) is 0 Å². The van der Waals surface area contributed by atoms with Gasteiger partial charge in [-0.2, -0.15) is 0 Å². The van der Waals surface area contributed by atoms with Gasteiger partial charge < -0.3 is 25.9 Å². The molecule has 1 unspecified atom stereocenters. The van der Waals surface area contributed by atoms with Crippen molar-refractivity contribution in [3.8, 4) is 10.8 Å². The summed E-state index contributed by atoms with van der Waals surface area (Å²) in [5.74, 6) is -1.47. The normalized spacial score (nSPS) is 14.8. The second kappa shape index (κ2) is 19.3. The smallest absolute Gasteiger partial charge is 0.266 e. The van der Waals surface area contributed by atoms with Gasteiger partial charge in [-0.1, -0.05) is 55.5 Å². The summed E-state index contributed by atoms with van der Waals surface area (Å²) in [5.41, 5.74) is 9.28. The van der Waals surface area contributed by atoms with E-state index in [9.17, 15) is 28.8 Å². The highest BCUT2D eigenvalue weighted by Gasteiger charge is 2.44. The summed E-state index contributed by atoms with van der Waals surface area (Å²) in [6.45, 7) is 6.70. The number of aromatic nitrogens is 3. The van der Waals surface area contributed by atoms with Gasteiger partial charge in [0.2, 0.25) is 11.8 Å². The summed E-state index contributed by atoms with van der Waals surface area (Å²) in [6.07, 6.45) is 5.93. The SMILES string of the molecule is Cc1sc2c(c1C)C(c1ccc(Cl)cc1)=N[C@@H](CC(=O)NCCCCCCCCNC(=O)COc1cccc3c1C(=O)N(C(CCC=O)C(N)=O)C3=O)c1nnc(C)n1-2. The molecule has 0 fully saturated rings. The third-order valence-electron chi connectivity index (χ3n) is 10.4. The first-order valence-electron chi connectivity index (χ1n) is 19.7. The highest BCUT2D eigenvalue weighted by Crippen LogP contribution is 2.40. The molecule has 4 heterocycles. The van der Waals surface area contributed by atoms with Crippen molar-refractivity contribution in [3.05, 3.63) is 91.8 Å². The molecule has 15 nitrogen and oxygen atoms in total. The Morgan fingerprint density at radius 1 is 0.915 bits per heavy atom. The molecule has 0 spiro atoms. The molecule has 4 aromatic rings. The van der Waals surface area contributed by atoms with Gasteiger partial charge in [0, 0.05) is 40.5 Å². The van der Waals surface area contributed by atoms with E-state index in [2.05, 4.69) is 34.7 Å². The Hall–Kier alpha value is -5.74. The molecule has 2 aromatic heterocycles. The molecule has 6 rings (SSSR count). The van der Waals surface area contributed by atoms with E-state index >= 15 is 0 Å². The fourth-order valence-electron chi connectivity index (χ4n) is 7.29. The van der Waals surface area contributed by atoms with E-state index in [1.54, 1.807) is 11.3 Å². The number of ether oxygens (including phenoxy) is 1. The molecule has 2 atom stereocenters. The fourth-order valence-corrected chi connectivity index (χ4v) is 8.63. The highest BCUT2D eigenvalue weighted by atomic mass is 35.5. The van der Waals surface area contributed by atoms with Crippen LogP contribution >= 0.6 is 22.9 Å². The van der Waals surface area contributed by atoms with Crippen molar-refractivity contribution in [1.82, 2.24) is 30.3 Å². The number of aliphatic imine (C=N–C) groups is 1. The molecule has 2 aromatic carbocycles. The number of nitrogens with zero attached hydrogens (tertiary/aromatic N) is 5. The number of aryl methyl sites for hydroxylation is 2. The molecule has 0 bridgehead atoms. The van der Waals surface area contributed by atoms with Crippen molar-refractivity contribution in [2.45, 2.75) is 90.6 Å². The fraction of sp³-hybridized carbons (Fsp3) is 0.405. The number of benzene rings is 2. The number of aldehydes is 1. The van der Waals surface area contributed by atoms with Crippen molar-refractivity contribution in [1.29, 1.82) is 0 Å². The lowest BCUT2D eigenvalue weighted by Gasteiger charge is -2.22. The summed E-state index contributed by atoms with van der Waals surface area (Å²) >= 11 is 7.88. The number of nitrogens with one attached hydrogen (secondary N) is 2. The van der Waals surface area contributed by atoms with Crippen LogP contribution in [0.2, 0.25) is 5.02 Å². The van der Waals surface area contributed by atoms with E-state index in [1.165, 1.54) is 23.1 Å². The largest absolute Gasteiger partial charge is 0.483 e. The third kappa shape index (κ3) is 9.60. The minimum Gasteiger partial charge on any atom is -0.483 e. The molecule has 2 aliphatic heterocycles. The summed E-state index contributed by atoms with van der Waals surface area (Å²) in [5, 5.41) is 16.3.